The van der Waals surface area contributed by atoms with Crippen LogP contribution in [-0.4, -0.2) is 6.08 Å². The molecule has 0 atom stereocenters. The number of nitrogens with two attached hydrogens (primary N) is 1. The van der Waals surface area contributed by atoms with Crippen molar-refractivity contribution >= 4 is 18.2 Å². The molecule has 0 saturated carbocycles. The molecule has 0 saturated heterocycles. The normalized spacial score (nSPS) is 9.61. The van der Waals surface area contributed by atoms with Crippen LogP contribution >= 0.6 is 12.1 Å². The molecule has 0 fully saturated rings. The first-order chi connectivity index (χ1) is 8.88. The highest BCUT2D eigenvalue weighted by Gasteiger charge is 2.05. The largest absolute Gasteiger partial charge is 0.411 e. The predicted octanol–water partition coefficient (Wildman–Crippen LogP) is 3.02. The monoisotopic (exact) mass is 260 g/mol. The van der Waals surface area contributed by atoms with Crippen LogP contribution in [0.5, 0.6) is 11.5 Å². The van der Waals surface area contributed by atoms with E-state index >= 15 is 0 Å². The Hall–Kier alpha value is -1.98. The lowest BCUT2D eigenvalue weighted by molar-refractivity contribution is 0.388. The van der Waals surface area contributed by atoms with Crippen LogP contribution in [0.3, 0.4) is 0 Å². The summed E-state index contributed by atoms with van der Waals surface area (Å²) in [5, 5.41) is 5.31. The van der Waals surface area contributed by atoms with Crippen molar-refractivity contribution in [1.29, 1.82) is 0 Å². The van der Waals surface area contributed by atoms with Crippen LogP contribution < -0.4 is 14.6 Å². The van der Waals surface area contributed by atoms with Gasteiger partial charge in [0, 0.05) is 0 Å². The molecule has 0 amide bonds. The fourth-order valence-electron chi connectivity index (χ4n) is 1.28. The molecule has 0 aromatic heterocycles. The van der Waals surface area contributed by atoms with E-state index < -0.39 is 0 Å². The second kappa shape index (κ2) is 6.68. The molecular formula is C13H12N2O2S. The summed E-state index contributed by atoms with van der Waals surface area (Å²) in [7, 11) is 0. The van der Waals surface area contributed by atoms with Crippen LogP contribution in [0.2, 0.25) is 0 Å². The van der Waals surface area contributed by atoms with E-state index in [0.717, 1.165) is 12.1 Å². The number of hydrogen-bond donors (Lipinski definition) is 1. The molecule has 0 unspecified atom stereocenters. The lowest BCUT2D eigenvalue weighted by Crippen LogP contribution is -2.16. The van der Waals surface area contributed by atoms with E-state index in [1.807, 2.05) is 60.7 Å². The Bertz CT molecular complexity index is 459. The lowest BCUT2D eigenvalue weighted by Gasteiger charge is -2.08. The van der Waals surface area contributed by atoms with Crippen molar-refractivity contribution in [2.75, 3.05) is 0 Å². The number of rotatable bonds is 3. The Morgan fingerprint density at radius 3 is 1.67 bits per heavy atom. The summed E-state index contributed by atoms with van der Waals surface area (Å²) in [6, 6.07) is 18.5. The van der Waals surface area contributed by atoms with Crippen LogP contribution in [0.4, 0.5) is 0 Å². The number of para-hydroxylation sites is 2. The molecule has 0 aliphatic carbocycles. The number of nitrogens with zero attached hydrogens (tertiary/aromatic N) is 1. The summed E-state index contributed by atoms with van der Waals surface area (Å²) >= 11 is 0.786. The van der Waals surface area contributed by atoms with Crippen LogP contribution in [0, 0.1) is 0 Å². The van der Waals surface area contributed by atoms with Gasteiger partial charge in [-0.05, 0) is 24.3 Å². The Morgan fingerprint density at radius 1 is 0.833 bits per heavy atom. The average molecular weight is 260 g/mol. The third-order valence-corrected chi connectivity index (χ3v) is 2.28. The zero-order chi connectivity index (χ0) is 12.6. The van der Waals surface area contributed by atoms with Gasteiger partial charge >= 0.3 is 6.08 Å². The molecular weight excluding hydrogens is 248 g/mol. The molecule has 18 heavy (non-hydrogen) atoms. The zero-order valence-electron chi connectivity index (χ0n) is 9.52. The molecule has 0 aliphatic heterocycles. The van der Waals surface area contributed by atoms with Gasteiger partial charge in [0.2, 0.25) is 0 Å². The first kappa shape index (κ1) is 12.5. The summed E-state index contributed by atoms with van der Waals surface area (Å²) in [5.41, 5.74) is 0. The molecule has 0 spiro atoms. The van der Waals surface area contributed by atoms with Gasteiger partial charge in [-0.1, -0.05) is 36.4 Å². The molecule has 0 bridgehead atoms. The second-order valence-corrected chi connectivity index (χ2v) is 3.69. The van der Waals surface area contributed by atoms with E-state index in [9.17, 15) is 0 Å². The van der Waals surface area contributed by atoms with Gasteiger partial charge in [0.1, 0.15) is 11.5 Å². The maximum atomic E-state index is 5.49. The van der Waals surface area contributed by atoms with E-state index in [1.165, 1.54) is 0 Å². The predicted molar refractivity (Wildman–Crippen MR) is 73.4 cm³/mol. The SMILES string of the molecule is NSN=C(Oc1ccccc1)Oc1ccccc1. The standard InChI is InChI=1S/C13H12N2O2S/c14-18-15-13(16-11-7-3-1-4-8-11)17-12-9-5-2-6-10-12/h1-10H,14H2. The Kier molecular flexibility index (Phi) is 4.63. The lowest BCUT2D eigenvalue weighted by atomic mass is 10.3. The maximum absolute atomic E-state index is 5.49. The van der Waals surface area contributed by atoms with Crippen molar-refractivity contribution in [3.8, 4) is 11.5 Å². The van der Waals surface area contributed by atoms with Crippen LogP contribution in [0.15, 0.2) is 65.1 Å². The number of ether oxygens (including phenoxy) is 2. The van der Waals surface area contributed by atoms with Crippen molar-refractivity contribution in [3.63, 3.8) is 0 Å². The molecule has 2 N–H and O–H groups in total. The summed E-state index contributed by atoms with van der Waals surface area (Å²) in [5.74, 6) is 1.28. The third-order valence-electron chi connectivity index (χ3n) is 2.02. The molecule has 2 aromatic rings. The molecule has 5 heteroatoms. The third kappa shape index (κ3) is 3.80. The summed E-state index contributed by atoms with van der Waals surface area (Å²) in [4.78, 5) is 0. The molecule has 0 heterocycles. The first-order valence-corrected chi connectivity index (χ1v) is 6.12. The fraction of sp³-hybridized carbons (Fsp3) is 0. The topological polar surface area (TPSA) is 56.8 Å². The highest BCUT2D eigenvalue weighted by atomic mass is 32.2. The first-order valence-electron chi connectivity index (χ1n) is 5.28. The average Bonchev–Trinajstić information content (AvgIpc) is 2.41. The van der Waals surface area contributed by atoms with Crippen molar-refractivity contribution in [3.05, 3.63) is 60.7 Å². The van der Waals surface area contributed by atoms with Gasteiger partial charge in [-0.25, -0.2) is 0 Å². The summed E-state index contributed by atoms with van der Waals surface area (Å²) < 4.78 is 14.9. The Balaban J connectivity index is 2.08. The number of hydrogen-bond acceptors (Lipinski definition) is 5. The Morgan fingerprint density at radius 2 is 1.28 bits per heavy atom. The van der Waals surface area contributed by atoms with Crippen molar-refractivity contribution in [1.82, 2.24) is 0 Å². The minimum atomic E-state index is 0.0971. The summed E-state index contributed by atoms with van der Waals surface area (Å²) in [6.07, 6.45) is 0.0971. The minimum absolute atomic E-state index is 0.0971. The van der Waals surface area contributed by atoms with Gasteiger partial charge in [0.05, 0.1) is 12.1 Å². The second-order valence-electron chi connectivity index (χ2n) is 3.29. The van der Waals surface area contributed by atoms with E-state index in [2.05, 4.69) is 4.40 Å². The van der Waals surface area contributed by atoms with Crippen LogP contribution in [0.25, 0.3) is 0 Å². The van der Waals surface area contributed by atoms with E-state index in [4.69, 9.17) is 14.6 Å². The van der Waals surface area contributed by atoms with Crippen molar-refractivity contribution < 1.29 is 9.47 Å². The fourth-order valence-corrected chi connectivity index (χ4v) is 1.44. The molecule has 92 valence electrons. The molecule has 0 radical (unpaired) electrons. The molecule has 2 aromatic carbocycles. The maximum Gasteiger partial charge on any atom is 0.407 e. The Labute approximate surface area is 110 Å². The highest BCUT2D eigenvalue weighted by Crippen LogP contribution is 2.14. The molecule has 2 rings (SSSR count). The van der Waals surface area contributed by atoms with Gasteiger partial charge in [-0.2, -0.15) is 0 Å². The van der Waals surface area contributed by atoms with Gasteiger partial charge in [0.15, 0.2) is 0 Å². The van der Waals surface area contributed by atoms with Crippen LogP contribution in [-0.2, 0) is 0 Å². The molecule has 4 nitrogen and oxygen atoms in total. The zero-order valence-corrected chi connectivity index (χ0v) is 10.3. The van der Waals surface area contributed by atoms with Gasteiger partial charge in [-0.3, -0.25) is 5.14 Å². The summed E-state index contributed by atoms with van der Waals surface area (Å²) in [6.45, 7) is 0. The smallest absolute Gasteiger partial charge is 0.407 e. The quantitative estimate of drug-likeness (QED) is 0.523. The highest BCUT2D eigenvalue weighted by molar-refractivity contribution is 7.95. The minimum Gasteiger partial charge on any atom is -0.411 e. The van der Waals surface area contributed by atoms with E-state index in [-0.39, 0.29) is 6.08 Å². The van der Waals surface area contributed by atoms with Gasteiger partial charge < -0.3 is 9.47 Å². The van der Waals surface area contributed by atoms with Crippen molar-refractivity contribution in [2.45, 2.75) is 0 Å². The van der Waals surface area contributed by atoms with Crippen molar-refractivity contribution in [2.24, 2.45) is 9.54 Å². The molecule has 0 aliphatic rings. The number of benzene rings is 2. The van der Waals surface area contributed by atoms with Crippen LogP contribution in [0.1, 0.15) is 0 Å². The van der Waals surface area contributed by atoms with Gasteiger partial charge in [0.25, 0.3) is 0 Å². The van der Waals surface area contributed by atoms with Gasteiger partial charge in [-0.15, -0.1) is 4.40 Å². The van der Waals surface area contributed by atoms with E-state index in [0.29, 0.717) is 11.5 Å². The van der Waals surface area contributed by atoms with E-state index in [1.54, 1.807) is 0 Å².